The molecule has 20 heavy (non-hydrogen) atoms. The van der Waals surface area contributed by atoms with Gasteiger partial charge in [-0.25, -0.2) is 9.50 Å². The number of rotatable bonds is 5. The second-order valence-corrected chi connectivity index (χ2v) is 5.81. The summed E-state index contributed by atoms with van der Waals surface area (Å²) in [5, 5.41) is 8.04. The van der Waals surface area contributed by atoms with E-state index in [0.29, 0.717) is 5.92 Å². The van der Waals surface area contributed by atoms with Crippen LogP contribution < -0.4 is 5.32 Å². The summed E-state index contributed by atoms with van der Waals surface area (Å²) in [6, 6.07) is 2.13. The van der Waals surface area contributed by atoms with Gasteiger partial charge in [0, 0.05) is 25.5 Å². The molecule has 0 saturated carbocycles. The number of aromatic nitrogens is 3. The van der Waals surface area contributed by atoms with Crippen molar-refractivity contribution in [1.82, 2.24) is 19.5 Å². The van der Waals surface area contributed by atoms with Gasteiger partial charge in [-0.1, -0.05) is 13.8 Å². The Hall–Kier alpha value is -1.62. The summed E-state index contributed by atoms with van der Waals surface area (Å²) in [7, 11) is 0. The smallest absolute Gasteiger partial charge is 0.152 e. The van der Waals surface area contributed by atoms with Gasteiger partial charge in [-0.2, -0.15) is 5.10 Å². The molecule has 1 fully saturated rings. The number of nitrogens with one attached hydrogen (secondary N) is 1. The van der Waals surface area contributed by atoms with Crippen LogP contribution in [-0.4, -0.2) is 45.7 Å². The topological polar surface area (TPSA) is 45.5 Å². The molecule has 1 aliphatic heterocycles. The van der Waals surface area contributed by atoms with E-state index in [2.05, 4.69) is 40.2 Å². The zero-order valence-electron chi connectivity index (χ0n) is 12.3. The first-order valence-corrected chi connectivity index (χ1v) is 7.54. The number of anilines is 1. The fraction of sp³-hybridized carbons (Fsp3) is 0.600. The number of fused-ring (bicyclic) bond motifs is 1. The first kappa shape index (κ1) is 13.4. The molecule has 0 unspecified atom stereocenters. The number of likely N-dealkylation sites (tertiary alicyclic amines) is 1. The van der Waals surface area contributed by atoms with Gasteiger partial charge in [-0.05, 0) is 37.9 Å². The van der Waals surface area contributed by atoms with Gasteiger partial charge in [0.2, 0.25) is 0 Å². The van der Waals surface area contributed by atoms with Crippen LogP contribution in [0.2, 0.25) is 0 Å². The first-order chi connectivity index (χ1) is 9.74. The van der Waals surface area contributed by atoms with Gasteiger partial charge >= 0.3 is 0 Å². The molecule has 3 heterocycles. The lowest BCUT2D eigenvalue weighted by Gasteiger charge is -2.15. The predicted octanol–water partition coefficient (Wildman–Crippen LogP) is 2.36. The molecule has 3 rings (SSSR count). The minimum Gasteiger partial charge on any atom is -0.367 e. The average Bonchev–Trinajstić information content (AvgIpc) is 3.07. The van der Waals surface area contributed by atoms with E-state index in [9.17, 15) is 0 Å². The Kier molecular flexibility index (Phi) is 3.87. The molecule has 2 aromatic rings. The molecule has 0 aliphatic carbocycles. The van der Waals surface area contributed by atoms with E-state index >= 15 is 0 Å². The molecular weight excluding hydrogens is 250 g/mol. The fourth-order valence-electron chi connectivity index (χ4n) is 2.70. The van der Waals surface area contributed by atoms with Gasteiger partial charge in [-0.3, -0.25) is 0 Å². The van der Waals surface area contributed by atoms with Crippen LogP contribution in [0.15, 0.2) is 18.5 Å². The van der Waals surface area contributed by atoms with Gasteiger partial charge in [0.15, 0.2) is 5.82 Å². The van der Waals surface area contributed by atoms with Crippen molar-refractivity contribution in [2.24, 2.45) is 0 Å². The van der Waals surface area contributed by atoms with Crippen LogP contribution in [-0.2, 0) is 0 Å². The third-order valence-corrected chi connectivity index (χ3v) is 3.92. The van der Waals surface area contributed by atoms with Crippen molar-refractivity contribution in [2.75, 3.05) is 31.5 Å². The molecule has 1 N–H and O–H groups in total. The summed E-state index contributed by atoms with van der Waals surface area (Å²) in [6.45, 7) is 8.83. The fourth-order valence-corrected chi connectivity index (χ4v) is 2.70. The molecular formula is C15H23N5. The summed E-state index contributed by atoms with van der Waals surface area (Å²) < 4.78 is 1.92. The molecule has 0 radical (unpaired) electrons. The number of hydrogen-bond acceptors (Lipinski definition) is 4. The van der Waals surface area contributed by atoms with E-state index in [1.807, 2.05) is 16.9 Å². The number of hydrogen-bond donors (Lipinski definition) is 1. The monoisotopic (exact) mass is 273 g/mol. The third-order valence-electron chi connectivity index (χ3n) is 3.92. The molecule has 108 valence electrons. The van der Waals surface area contributed by atoms with E-state index in [1.54, 1.807) is 0 Å². The SMILES string of the molecule is CC(C)c1cc2c(NCCN3CCCC3)nccn2n1. The molecule has 5 heteroatoms. The van der Waals surface area contributed by atoms with E-state index in [1.165, 1.54) is 25.9 Å². The van der Waals surface area contributed by atoms with Crippen molar-refractivity contribution >= 4 is 11.3 Å². The Bertz CT molecular complexity index is 569. The van der Waals surface area contributed by atoms with Gasteiger partial charge in [-0.15, -0.1) is 0 Å². The van der Waals surface area contributed by atoms with Crippen molar-refractivity contribution in [2.45, 2.75) is 32.6 Å². The minimum atomic E-state index is 0.437. The largest absolute Gasteiger partial charge is 0.367 e. The van der Waals surface area contributed by atoms with Crippen molar-refractivity contribution in [3.63, 3.8) is 0 Å². The summed E-state index contributed by atoms with van der Waals surface area (Å²) in [5.74, 6) is 1.37. The Balaban J connectivity index is 1.70. The molecule has 0 atom stereocenters. The summed E-state index contributed by atoms with van der Waals surface area (Å²) >= 11 is 0. The second-order valence-electron chi connectivity index (χ2n) is 5.81. The van der Waals surface area contributed by atoms with Crippen LogP contribution in [0.25, 0.3) is 5.52 Å². The molecule has 2 aromatic heterocycles. The highest BCUT2D eigenvalue weighted by molar-refractivity contribution is 5.67. The zero-order valence-corrected chi connectivity index (χ0v) is 12.3. The Morgan fingerprint density at radius 3 is 2.85 bits per heavy atom. The van der Waals surface area contributed by atoms with Crippen molar-refractivity contribution in [1.29, 1.82) is 0 Å². The van der Waals surface area contributed by atoms with Crippen molar-refractivity contribution in [3.05, 3.63) is 24.2 Å². The van der Waals surface area contributed by atoms with Crippen LogP contribution in [0.5, 0.6) is 0 Å². The Morgan fingerprint density at radius 2 is 2.10 bits per heavy atom. The highest BCUT2D eigenvalue weighted by Crippen LogP contribution is 2.19. The maximum absolute atomic E-state index is 4.58. The van der Waals surface area contributed by atoms with Gasteiger partial charge in [0.1, 0.15) is 5.52 Å². The van der Waals surface area contributed by atoms with Crippen molar-refractivity contribution < 1.29 is 0 Å². The van der Waals surface area contributed by atoms with Gasteiger partial charge in [0.25, 0.3) is 0 Å². The lowest BCUT2D eigenvalue weighted by atomic mass is 10.1. The maximum Gasteiger partial charge on any atom is 0.152 e. The minimum absolute atomic E-state index is 0.437. The van der Waals surface area contributed by atoms with E-state index in [4.69, 9.17) is 0 Å². The summed E-state index contributed by atoms with van der Waals surface area (Å²) in [6.07, 6.45) is 6.40. The quantitative estimate of drug-likeness (QED) is 0.908. The molecule has 0 aromatic carbocycles. The predicted molar refractivity (Wildman–Crippen MR) is 81.2 cm³/mol. The van der Waals surface area contributed by atoms with E-state index in [-0.39, 0.29) is 0 Å². The molecule has 0 amide bonds. The lowest BCUT2D eigenvalue weighted by molar-refractivity contribution is 0.352. The Labute approximate surface area is 120 Å². The maximum atomic E-state index is 4.58. The van der Waals surface area contributed by atoms with Crippen molar-refractivity contribution in [3.8, 4) is 0 Å². The van der Waals surface area contributed by atoms with Crippen LogP contribution in [0.3, 0.4) is 0 Å². The third kappa shape index (κ3) is 2.77. The Morgan fingerprint density at radius 1 is 1.30 bits per heavy atom. The van der Waals surface area contributed by atoms with Crippen LogP contribution >= 0.6 is 0 Å². The summed E-state index contributed by atoms with van der Waals surface area (Å²) in [5.41, 5.74) is 2.18. The lowest BCUT2D eigenvalue weighted by Crippen LogP contribution is -2.26. The van der Waals surface area contributed by atoms with E-state index in [0.717, 1.165) is 30.1 Å². The molecule has 1 saturated heterocycles. The molecule has 0 spiro atoms. The second kappa shape index (κ2) is 5.79. The van der Waals surface area contributed by atoms with Gasteiger partial charge in [0.05, 0.1) is 5.69 Å². The highest BCUT2D eigenvalue weighted by atomic mass is 15.2. The normalized spacial score (nSPS) is 16.4. The standard InChI is InChI=1S/C15H23N5/c1-12(2)13-11-14-15(17-6-10-20(14)18-13)16-5-9-19-7-3-4-8-19/h6,10-12H,3-5,7-9H2,1-2H3,(H,16,17). The highest BCUT2D eigenvalue weighted by Gasteiger charge is 2.12. The molecule has 0 bridgehead atoms. The number of nitrogens with zero attached hydrogens (tertiary/aromatic N) is 4. The first-order valence-electron chi connectivity index (χ1n) is 7.54. The van der Waals surface area contributed by atoms with E-state index < -0.39 is 0 Å². The van der Waals surface area contributed by atoms with Crippen LogP contribution in [0.4, 0.5) is 5.82 Å². The summed E-state index contributed by atoms with van der Waals surface area (Å²) in [4.78, 5) is 6.96. The van der Waals surface area contributed by atoms with Crippen LogP contribution in [0, 0.1) is 0 Å². The van der Waals surface area contributed by atoms with Crippen LogP contribution in [0.1, 0.15) is 38.3 Å². The molecule has 1 aliphatic rings. The molecule has 5 nitrogen and oxygen atoms in total. The van der Waals surface area contributed by atoms with Gasteiger partial charge < -0.3 is 10.2 Å². The zero-order chi connectivity index (χ0) is 13.9. The average molecular weight is 273 g/mol.